The second-order valence-corrected chi connectivity index (χ2v) is 5.44. The van der Waals surface area contributed by atoms with Crippen LogP contribution in [0.1, 0.15) is 25.0 Å². The highest BCUT2D eigenvalue weighted by atomic mass is 32.1. The third-order valence-electron chi connectivity index (χ3n) is 3.26. The second-order valence-electron chi connectivity index (χ2n) is 4.63. The minimum absolute atomic E-state index is 0.0449. The number of fused-ring (bicyclic) bond motifs is 1. The highest BCUT2D eigenvalue weighted by Crippen LogP contribution is 2.37. The van der Waals surface area contributed by atoms with Gasteiger partial charge >= 0.3 is 0 Å². The van der Waals surface area contributed by atoms with Crippen LogP contribution >= 0.6 is 11.5 Å². The number of hydrogen-bond acceptors (Lipinski definition) is 3. The second kappa shape index (κ2) is 3.50. The minimum Gasteiger partial charge on any atom is -0.325 e. The molecule has 3 rings (SSSR count). The number of aryl methyl sites for hydroxylation is 1. The molecule has 1 saturated carbocycles. The molecule has 1 aromatic heterocycles. The van der Waals surface area contributed by atoms with Crippen LogP contribution in [0.5, 0.6) is 0 Å². The lowest BCUT2D eigenvalue weighted by molar-refractivity contribution is 0.606. The normalized spacial score (nSPS) is 17.9. The molecule has 2 aromatic rings. The molecule has 0 amide bonds. The van der Waals surface area contributed by atoms with E-state index >= 15 is 0 Å². The van der Waals surface area contributed by atoms with Crippen molar-refractivity contribution >= 4 is 21.6 Å². The van der Waals surface area contributed by atoms with Crippen molar-refractivity contribution in [3.63, 3.8) is 0 Å². The van der Waals surface area contributed by atoms with Crippen LogP contribution in [0.25, 0.3) is 10.1 Å². The van der Waals surface area contributed by atoms with Gasteiger partial charge in [-0.15, -0.1) is 0 Å². The van der Waals surface area contributed by atoms with Gasteiger partial charge in [0.1, 0.15) is 5.82 Å². The fourth-order valence-corrected chi connectivity index (χ4v) is 2.72. The number of benzene rings is 1. The predicted octanol–water partition coefficient (Wildman–Crippen LogP) is 2.86. The van der Waals surface area contributed by atoms with Crippen LogP contribution in [0.2, 0.25) is 0 Å². The first kappa shape index (κ1) is 10.2. The molecule has 1 heterocycles. The molecule has 16 heavy (non-hydrogen) atoms. The Morgan fingerprint density at radius 3 is 3.00 bits per heavy atom. The summed E-state index contributed by atoms with van der Waals surface area (Å²) in [5.74, 6) is -0.192. The van der Waals surface area contributed by atoms with E-state index in [1.807, 2.05) is 0 Å². The van der Waals surface area contributed by atoms with Crippen LogP contribution in [-0.4, -0.2) is 9.91 Å². The Morgan fingerprint density at radius 2 is 2.25 bits per heavy atom. The van der Waals surface area contributed by atoms with Crippen molar-refractivity contribution in [2.24, 2.45) is 5.73 Å². The number of hydrogen-bond donors (Lipinski definition) is 1. The van der Waals surface area contributed by atoms with E-state index in [0.717, 1.165) is 41.5 Å². The van der Waals surface area contributed by atoms with Crippen molar-refractivity contribution in [2.45, 2.75) is 31.2 Å². The summed E-state index contributed by atoms with van der Waals surface area (Å²) >= 11 is 1.44. The van der Waals surface area contributed by atoms with Gasteiger partial charge in [-0.25, -0.2) is 4.39 Å². The fourth-order valence-electron chi connectivity index (χ4n) is 1.92. The van der Waals surface area contributed by atoms with Gasteiger partial charge in [-0.2, -0.15) is 4.37 Å². The molecule has 4 heteroatoms. The molecule has 0 aliphatic heterocycles. The van der Waals surface area contributed by atoms with E-state index in [1.54, 1.807) is 12.1 Å². The highest BCUT2D eigenvalue weighted by molar-refractivity contribution is 7.13. The molecule has 0 atom stereocenters. The quantitative estimate of drug-likeness (QED) is 0.890. The van der Waals surface area contributed by atoms with Gasteiger partial charge < -0.3 is 5.73 Å². The maximum atomic E-state index is 13.1. The summed E-state index contributed by atoms with van der Waals surface area (Å²) in [6.07, 6.45) is 4.05. The molecule has 0 unspecified atom stereocenters. The van der Waals surface area contributed by atoms with Crippen molar-refractivity contribution in [2.75, 3.05) is 0 Å². The van der Waals surface area contributed by atoms with E-state index in [2.05, 4.69) is 4.37 Å². The largest absolute Gasteiger partial charge is 0.325 e. The van der Waals surface area contributed by atoms with Gasteiger partial charge in [0, 0.05) is 10.9 Å². The first-order chi connectivity index (χ1) is 7.66. The topological polar surface area (TPSA) is 38.9 Å². The summed E-state index contributed by atoms with van der Waals surface area (Å²) in [4.78, 5) is 0. The van der Waals surface area contributed by atoms with E-state index in [4.69, 9.17) is 5.73 Å². The molecule has 0 bridgehead atoms. The fraction of sp³-hybridized carbons (Fsp3) is 0.417. The summed E-state index contributed by atoms with van der Waals surface area (Å²) in [5, 5.41) is 0.953. The van der Waals surface area contributed by atoms with Crippen molar-refractivity contribution in [1.82, 2.24) is 4.37 Å². The molecule has 84 valence electrons. The van der Waals surface area contributed by atoms with Gasteiger partial charge in [-0.05, 0) is 55.4 Å². The van der Waals surface area contributed by atoms with Gasteiger partial charge in [0.25, 0.3) is 0 Å². The SMILES string of the molecule is NC1(CCc2nsc3ccc(F)cc23)CC1. The van der Waals surface area contributed by atoms with Gasteiger partial charge in [-0.3, -0.25) is 0 Å². The van der Waals surface area contributed by atoms with Crippen LogP contribution in [0.4, 0.5) is 4.39 Å². The van der Waals surface area contributed by atoms with E-state index in [0.29, 0.717) is 0 Å². The summed E-state index contributed by atoms with van der Waals surface area (Å²) in [6.45, 7) is 0. The molecule has 1 aromatic carbocycles. The van der Waals surface area contributed by atoms with Gasteiger partial charge in [0.2, 0.25) is 0 Å². The molecule has 2 nitrogen and oxygen atoms in total. The maximum absolute atomic E-state index is 13.1. The lowest BCUT2D eigenvalue weighted by Crippen LogP contribution is -2.22. The molecule has 0 spiro atoms. The van der Waals surface area contributed by atoms with Gasteiger partial charge in [0.05, 0.1) is 10.4 Å². The summed E-state index contributed by atoms with van der Waals surface area (Å²) in [6, 6.07) is 4.85. The van der Waals surface area contributed by atoms with E-state index < -0.39 is 0 Å². The highest BCUT2D eigenvalue weighted by Gasteiger charge is 2.37. The molecule has 1 aliphatic rings. The zero-order valence-electron chi connectivity index (χ0n) is 8.87. The average Bonchev–Trinajstić information content (AvgIpc) is 2.87. The zero-order chi connectivity index (χ0) is 11.2. The van der Waals surface area contributed by atoms with Crippen molar-refractivity contribution in [1.29, 1.82) is 0 Å². The molecule has 0 saturated heterocycles. The first-order valence-corrected chi connectivity index (χ1v) is 6.26. The third-order valence-corrected chi connectivity index (χ3v) is 4.12. The number of nitrogens with zero attached hydrogens (tertiary/aromatic N) is 1. The van der Waals surface area contributed by atoms with Crippen LogP contribution in [-0.2, 0) is 6.42 Å². The Kier molecular flexibility index (Phi) is 2.23. The smallest absolute Gasteiger partial charge is 0.123 e. The molecule has 1 fully saturated rings. The maximum Gasteiger partial charge on any atom is 0.123 e. The molecule has 0 radical (unpaired) electrons. The van der Waals surface area contributed by atoms with E-state index in [1.165, 1.54) is 17.6 Å². The number of aromatic nitrogens is 1. The molecule has 1 aliphatic carbocycles. The monoisotopic (exact) mass is 236 g/mol. The molecular weight excluding hydrogens is 223 g/mol. The Labute approximate surface area is 97.4 Å². The van der Waals surface area contributed by atoms with Crippen molar-refractivity contribution in [3.05, 3.63) is 29.7 Å². The van der Waals surface area contributed by atoms with E-state index in [9.17, 15) is 4.39 Å². The van der Waals surface area contributed by atoms with Crippen LogP contribution in [0.3, 0.4) is 0 Å². The Balaban J connectivity index is 1.88. The summed E-state index contributed by atoms with van der Waals surface area (Å²) in [7, 11) is 0. The van der Waals surface area contributed by atoms with Crippen LogP contribution in [0, 0.1) is 5.82 Å². The van der Waals surface area contributed by atoms with Crippen LogP contribution in [0.15, 0.2) is 18.2 Å². The predicted molar refractivity (Wildman–Crippen MR) is 64.1 cm³/mol. The molecular formula is C12H13FN2S. The zero-order valence-corrected chi connectivity index (χ0v) is 9.69. The number of nitrogens with two attached hydrogens (primary N) is 1. The Hall–Kier alpha value is -1.00. The van der Waals surface area contributed by atoms with Crippen molar-refractivity contribution in [3.8, 4) is 0 Å². The third kappa shape index (κ3) is 1.83. The lowest BCUT2D eigenvalue weighted by Gasteiger charge is -2.06. The summed E-state index contributed by atoms with van der Waals surface area (Å²) in [5.41, 5.74) is 7.08. The van der Waals surface area contributed by atoms with Crippen LogP contribution < -0.4 is 5.73 Å². The standard InChI is InChI=1S/C12H13FN2S/c13-8-1-2-11-9(7-8)10(15-16-11)3-4-12(14)5-6-12/h1-2,7H,3-6,14H2. The Morgan fingerprint density at radius 1 is 1.44 bits per heavy atom. The summed E-state index contributed by atoms with van der Waals surface area (Å²) < 4.78 is 18.6. The first-order valence-electron chi connectivity index (χ1n) is 5.49. The van der Waals surface area contributed by atoms with Crippen molar-refractivity contribution < 1.29 is 4.39 Å². The lowest BCUT2D eigenvalue weighted by atomic mass is 10.1. The number of rotatable bonds is 3. The van der Waals surface area contributed by atoms with Gasteiger partial charge in [-0.1, -0.05) is 0 Å². The van der Waals surface area contributed by atoms with E-state index in [-0.39, 0.29) is 11.4 Å². The minimum atomic E-state index is -0.192. The Bertz CT molecular complexity index is 531. The average molecular weight is 236 g/mol. The number of halogens is 1. The molecule has 2 N–H and O–H groups in total. The van der Waals surface area contributed by atoms with Gasteiger partial charge in [0.15, 0.2) is 0 Å².